The average molecular weight is 592 g/mol. The third-order valence-electron chi connectivity index (χ3n) is 3.52. The first-order chi connectivity index (χ1) is 12.3. The van der Waals surface area contributed by atoms with Crippen molar-refractivity contribution in [1.29, 1.82) is 0 Å². The van der Waals surface area contributed by atoms with E-state index in [1.807, 2.05) is 22.6 Å². The summed E-state index contributed by atoms with van der Waals surface area (Å²) in [5.41, 5.74) is 0.681. The molecule has 2 aromatic rings. The lowest BCUT2D eigenvalue weighted by atomic mass is 10.1. The normalized spacial score (nSPS) is 16.2. The number of carbonyl (C=O) groups excluding carboxylic acids is 3. The molecule has 3 rings (SSSR count). The van der Waals surface area contributed by atoms with Crippen LogP contribution in [0.1, 0.15) is 5.56 Å². The number of hydrogen-bond donors (Lipinski definition) is 2. The van der Waals surface area contributed by atoms with Crippen LogP contribution in [0, 0.1) is 3.57 Å². The Morgan fingerprint density at radius 1 is 1.12 bits per heavy atom. The molecule has 26 heavy (non-hydrogen) atoms. The van der Waals surface area contributed by atoms with Gasteiger partial charge in [-0.15, -0.1) is 0 Å². The quantitative estimate of drug-likeness (QED) is 0.312. The molecule has 0 aliphatic carbocycles. The summed E-state index contributed by atoms with van der Waals surface area (Å²) < 4.78 is 1.67. The molecule has 9 heteroatoms. The molecule has 1 fully saturated rings. The van der Waals surface area contributed by atoms with Gasteiger partial charge in [-0.3, -0.25) is 14.9 Å². The predicted octanol–water partition coefficient (Wildman–Crippen LogP) is 4.19. The van der Waals surface area contributed by atoms with Crippen LogP contribution in [-0.4, -0.2) is 23.0 Å². The van der Waals surface area contributed by atoms with Crippen LogP contribution in [-0.2, 0) is 9.59 Å². The first kappa shape index (κ1) is 19.1. The van der Waals surface area contributed by atoms with Crippen molar-refractivity contribution in [3.63, 3.8) is 0 Å². The predicted molar refractivity (Wildman–Crippen MR) is 112 cm³/mol. The average Bonchev–Trinajstić information content (AvgIpc) is 2.56. The van der Waals surface area contributed by atoms with Crippen molar-refractivity contribution in [1.82, 2.24) is 5.32 Å². The van der Waals surface area contributed by atoms with Crippen molar-refractivity contribution in [3.05, 3.63) is 60.1 Å². The highest BCUT2D eigenvalue weighted by atomic mass is 127. The van der Waals surface area contributed by atoms with Gasteiger partial charge in [-0.2, -0.15) is 0 Å². The molecule has 0 unspecified atom stereocenters. The highest BCUT2D eigenvalue weighted by molar-refractivity contribution is 14.1. The summed E-state index contributed by atoms with van der Waals surface area (Å²) in [5, 5.41) is 12.0. The van der Waals surface area contributed by atoms with E-state index in [0.29, 0.717) is 23.8 Å². The molecule has 0 spiro atoms. The van der Waals surface area contributed by atoms with E-state index in [1.54, 1.807) is 36.4 Å². The Labute approximate surface area is 178 Å². The SMILES string of the molecule is O=C1NC(=O)N(c2cccc(Br)c2)C(=O)C1=Cc1cc(Br)c(O)c(I)c1. The maximum absolute atomic E-state index is 12.8. The van der Waals surface area contributed by atoms with Crippen LogP contribution in [0.25, 0.3) is 6.08 Å². The van der Waals surface area contributed by atoms with E-state index in [9.17, 15) is 19.5 Å². The Kier molecular flexibility index (Phi) is 5.49. The van der Waals surface area contributed by atoms with E-state index < -0.39 is 17.8 Å². The molecule has 0 atom stereocenters. The summed E-state index contributed by atoms with van der Waals surface area (Å²) in [4.78, 5) is 38.0. The lowest BCUT2D eigenvalue weighted by Crippen LogP contribution is -2.54. The number of carbonyl (C=O) groups is 3. The molecule has 2 N–H and O–H groups in total. The monoisotopic (exact) mass is 590 g/mol. The number of hydrogen-bond acceptors (Lipinski definition) is 4. The van der Waals surface area contributed by atoms with Crippen LogP contribution < -0.4 is 10.2 Å². The standard InChI is InChI=1S/C17H9Br2IN2O4/c18-9-2-1-3-10(7-9)22-16(25)11(15(24)21-17(22)26)4-8-5-12(19)14(23)13(20)6-8/h1-7,23H,(H,21,24,26). The molecular weight excluding hydrogens is 583 g/mol. The van der Waals surface area contributed by atoms with Crippen LogP contribution >= 0.6 is 54.5 Å². The molecule has 2 aromatic carbocycles. The van der Waals surface area contributed by atoms with Gasteiger partial charge < -0.3 is 5.11 Å². The van der Waals surface area contributed by atoms with Crippen molar-refractivity contribution in [2.45, 2.75) is 0 Å². The van der Waals surface area contributed by atoms with Crippen LogP contribution in [0.2, 0.25) is 0 Å². The minimum Gasteiger partial charge on any atom is -0.506 e. The summed E-state index contributed by atoms with van der Waals surface area (Å²) in [6, 6.07) is 9.02. The second kappa shape index (κ2) is 7.49. The van der Waals surface area contributed by atoms with Gasteiger partial charge in [-0.1, -0.05) is 22.0 Å². The Hall–Kier alpha value is -1.72. The molecule has 1 heterocycles. The van der Waals surface area contributed by atoms with Gasteiger partial charge in [0.25, 0.3) is 11.8 Å². The molecular formula is C17H9Br2IN2O4. The summed E-state index contributed by atoms with van der Waals surface area (Å²) in [6.45, 7) is 0. The third kappa shape index (κ3) is 3.69. The number of halogens is 3. The highest BCUT2D eigenvalue weighted by Gasteiger charge is 2.36. The molecule has 0 bridgehead atoms. The summed E-state index contributed by atoms with van der Waals surface area (Å²) >= 11 is 8.45. The lowest BCUT2D eigenvalue weighted by Gasteiger charge is -2.26. The zero-order chi connectivity index (χ0) is 19.0. The summed E-state index contributed by atoms with van der Waals surface area (Å²) in [7, 11) is 0. The first-order valence-corrected chi connectivity index (χ1v) is 9.79. The van der Waals surface area contributed by atoms with E-state index in [4.69, 9.17) is 0 Å². The van der Waals surface area contributed by atoms with Gasteiger partial charge >= 0.3 is 6.03 Å². The number of aromatic hydroxyl groups is 1. The van der Waals surface area contributed by atoms with Gasteiger partial charge in [-0.25, -0.2) is 9.69 Å². The minimum atomic E-state index is -0.809. The van der Waals surface area contributed by atoms with Crippen LogP contribution in [0.3, 0.4) is 0 Å². The van der Waals surface area contributed by atoms with Crippen LogP contribution in [0.4, 0.5) is 10.5 Å². The molecule has 6 nitrogen and oxygen atoms in total. The Balaban J connectivity index is 2.06. The van der Waals surface area contributed by atoms with E-state index >= 15 is 0 Å². The fraction of sp³-hybridized carbons (Fsp3) is 0. The number of nitrogens with one attached hydrogen (secondary N) is 1. The zero-order valence-electron chi connectivity index (χ0n) is 12.8. The Morgan fingerprint density at radius 3 is 2.50 bits per heavy atom. The Bertz CT molecular complexity index is 967. The zero-order valence-corrected chi connectivity index (χ0v) is 18.1. The van der Waals surface area contributed by atoms with Gasteiger partial charge in [0.1, 0.15) is 11.3 Å². The molecule has 0 radical (unpaired) electrons. The lowest BCUT2D eigenvalue weighted by molar-refractivity contribution is -0.122. The maximum Gasteiger partial charge on any atom is 0.335 e. The van der Waals surface area contributed by atoms with Crippen molar-refractivity contribution in [3.8, 4) is 5.75 Å². The van der Waals surface area contributed by atoms with Gasteiger partial charge in [0.15, 0.2) is 0 Å². The molecule has 132 valence electrons. The summed E-state index contributed by atoms with van der Waals surface area (Å²) in [6.07, 6.45) is 1.38. The van der Waals surface area contributed by atoms with Crippen molar-refractivity contribution < 1.29 is 19.5 Å². The second-order valence-corrected chi connectivity index (χ2v) is 8.20. The number of rotatable bonds is 2. The second-order valence-electron chi connectivity index (χ2n) is 5.27. The van der Waals surface area contributed by atoms with Gasteiger partial charge in [0.05, 0.1) is 13.7 Å². The van der Waals surface area contributed by atoms with Crippen molar-refractivity contribution in [2.24, 2.45) is 0 Å². The molecule has 1 aliphatic rings. The fourth-order valence-corrected chi connectivity index (χ4v) is 4.23. The van der Waals surface area contributed by atoms with Gasteiger partial charge in [0.2, 0.25) is 0 Å². The minimum absolute atomic E-state index is 0.0677. The molecule has 0 saturated carbocycles. The summed E-state index contributed by atoms with van der Waals surface area (Å²) in [5.74, 6) is -1.43. The number of phenols is 1. The smallest absolute Gasteiger partial charge is 0.335 e. The molecule has 4 amide bonds. The van der Waals surface area contributed by atoms with Crippen LogP contribution in [0.15, 0.2) is 50.9 Å². The van der Waals surface area contributed by atoms with Crippen molar-refractivity contribution in [2.75, 3.05) is 4.90 Å². The third-order valence-corrected chi connectivity index (χ3v) is 5.44. The number of imide groups is 2. The first-order valence-electron chi connectivity index (χ1n) is 7.13. The number of amides is 4. The number of urea groups is 1. The van der Waals surface area contributed by atoms with Gasteiger partial charge in [-0.05, 0) is 80.5 Å². The molecule has 1 aliphatic heterocycles. The van der Waals surface area contributed by atoms with E-state index in [1.165, 1.54) is 6.08 Å². The van der Waals surface area contributed by atoms with E-state index in [2.05, 4.69) is 37.2 Å². The number of nitrogens with zero attached hydrogens (tertiary/aromatic N) is 1. The van der Waals surface area contributed by atoms with E-state index in [-0.39, 0.29) is 11.3 Å². The van der Waals surface area contributed by atoms with E-state index in [0.717, 1.165) is 4.90 Å². The number of phenolic OH excluding ortho intramolecular Hbond substituents is 1. The van der Waals surface area contributed by atoms with Gasteiger partial charge in [0, 0.05) is 4.47 Å². The number of benzene rings is 2. The maximum atomic E-state index is 12.8. The molecule has 1 saturated heterocycles. The number of barbiturate groups is 1. The highest BCUT2D eigenvalue weighted by Crippen LogP contribution is 2.32. The van der Waals surface area contributed by atoms with Crippen molar-refractivity contribution >= 4 is 84.1 Å². The Morgan fingerprint density at radius 2 is 1.85 bits per heavy atom. The largest absolute Gasteiger partial charge is 0.506 e. The topological polar surface area (TPSA) is 86.7 Å². The fourth-order valence-electron chi connectivity index (χ4n) is 2.34. The number of anilines is 1. The van der Waals surface area contributed by atoms with Crippen LogP contribution in [0.5, 0.6) is 5.75 Å². The molecule has 0 aromatic heterocycles.